The van der Waals surface area contributed by atoms with Gasteiger partial charge in [-0.25, -0.2) is 0 Å². The van der Waals surface area contributed by atoms with Crippen molar-refractivity contribution in [1.29, 1.82) is 0 Å². The maximum absolute atomic E-state index is 12.1. The fourth-order valence-electron chi connectivity index (χ4n) is 1.86. The highest BCUT2D eigenvalue weighted by Crippen LogP contribution is 2.26. The molecular formula is C11H16N2O3. The average Bonchev–Trinajstić information content (AvgIpc) is 2.73. The number of amides is 1. The molecular weight excluding hydrogens is 208 g/mol. The van der Waals surface area contributed by atoms with Crippen molar-refractivity contribution in [2.75, 3.05) is 13.2 Å². The standard InChI is InChI=1S/C11H16N2O3/c14-7-2-6-13(9-3-1-4-9)11(15)10-5-8-16-12-10/h5,8-9,14H,1-4,6-7H2. The van der Waals surface area contributed by atoms with E-state index < -0.39 is 0 Å². The second-order valence-electron chi connectivity index (χ2n) is 4.05. The van der Waals surface area contributed by atoms with Gasteiger partial charge in [0.1, 0.15) is 6.26 Å². The van der Waals surface area contributed by atoms with Crippen LogP contribution in [-0.4, -0.2) is 40.3 Å². The number of hydrogen-bond acceptors (Lipinski definition) is 4. The van der Waals surface area contributed by atoms with Crippen LogP contribution >= 0.6 is 0 Å². The number of hydrogen-bond donors (Lipinski definition) is 1. The summed E-state index contributed by atoms with van der Waals surface area (Å²) in [6.45, 7) is 0.697. The number of aliphatic hydroxyl groups excluding tert-OH is 1. The maximum Gasteiger partial charge on any atom is 0.276 e. The summed E-state index contributed by atoms with van der Waals surface area (Å²) < 4.78 is 4.67. The van der Waals surface area contributed by atoms with Gasteiger partial charge in [0.2, 0.25) is 0 Å². The Morgan fingerprint density at radius 1 is 1.62 bits per heavy atom. The predicted molar refractivity (Wildman–Crippen MR) is 56.9 cm³/mol. The third-order valence-corrected chi connectivity index (χ3v) is 2.99. The summed E-state index contributed by atoms with van der Waals surface area (Å²) >= 11 is 0. The van der Waals surface area contributed by atoms with Crippen LogP contribution in [0.2, 0.25) is 0 Å². The van der Waals surface area contributed by atoms with Gasteiger partial charge in [0.25, 0.3) is 5.91 Å². The van der Waals surface area contributed by atoms with Crippen LogP contribution < -0.4 is 0 Å². The van der Waals surface area contributed by atoms with E-state index in [2.05, 4.69) is 9.68 Å². The zero-order chi connectivity index (χ0) is 11.4. The van der Waals surface area contributed by atoms with Gasteiger partial charge in [-0.15, -0.1) is 0 Å². The van der Waals surface area contributed by atoms with E-state index in [-0.39, 0.29) is 12.5 Å². The van der Waals surface area contributed by atoms with Gasteiger partial charge in [0.15, 0.2) is 5.69 Å². The molecule has 0 radical (unpaired) electrons. The van der Waals surface area contributed by atoms with Crippen molar-refractivity contribution in [2.45, 2.75) is 31.7 Å². The van der Waals surface area contributed by atoms with Gasteiger partial charge < -0.3 is 14.5 Å². The lowest BCUT2D eigenvalue weighted by Gasteiger charge is -2.37. The van der Waals surface area contributed by atoms with Gasteiger partial charge in [-0.3, -0.25) is 4.79 Å². The summed E-state index contributed by atoms with van der Waals surface area (Å²) in [7, 11) is 0. The Bertz CT molecular complexity index is 333. The largest absolute Gasteiger partial charge is 0.396 e. The lowest BCUT2D eigenvalue weighted by atomic mass is 9.91. The third-order valence-electron chi connectivity index (χ3n) is 2.99. The van der Waals surface area contributed by atoms with Crippen molar-refractivity contribution < 1.29 is 14.4 Å². The zero-order valence-corrected chi connectivity index (χ0v) is 9.13. The molecule has 1 aromatic rings. The van der Waals surface area contributed by atoms with Crippen molar-refractivity contribution in [2.24, 2.45) is 0 Å². The first kappa shape index (κ1) is 11.1. The molecule has 0 bridgehead atoms. The molecule has 1 aromatic heterocycles. The first-order valence-electron chi connectivity index (χ1n) is 5.65. The van der Waals surface area contributed by atoms with Crippen molar-refractivity contribution in [3.63, 3.8) is 0 Å². The van der Waals surface area contributed by atoms with Gasteiger partial charge in [-0.2, -0.15) is 0 Å². The molecule has 1 saturated carbocycles. The van der Waals surface area contributed by atoms with Crippen molar-refractivity contribution in [1.82, 2.24) is 10.1 Å². The van der Waals surface area contributed by atoms with Gasteiger partial charge in [-0.05, 0) is 25.7 Å². The lowest BCUT2D eigenvalue weighted by Crippen LogP contribution is -2.45. The van der Waals surface area contributed by atoms with Crippen LogP contribution in [0.5, 0.6) is 0 Å². The number of rotatable bonds is 5. The Labute approximate surface area is 94.0 Å². The second kappa shape index (κ2) is 5.12. The predicted octanol–water partition coefficient (Wildman–Crippen LogP) is 1.05. The molecule has 1 N–H and O–H groups in total. The van der Waals surface area contributed by atoms with Crippen LogP contribution in [0.4, 0.5) is 0 Å². The Morgan fingerprint density at radius 3 is 2.94 bits per heavy atom. The number of nitrogens with zero attached hydrogens (tertiary/aromatic N) is 2. The highest BCUT2D eigenvalue weighted by molar-refractivity contribution is 5.92. The third kappa shape index (κ3) is 2.24. The van der Waals surface area contributed by atoms with Crippen molar-refractivity contribution >= 4 is 5.91 Å². The minimum Gasteiger partial charge on any atom is -0.396 e. The van der Waals surface area contributed by atoms with Crippen LogP contribution in [0.15, 0.2) is 16.9 Å². The van der Waals surface area contributed by atoms with Crippen LogP contribution in [0.25, 0.3) is 0 Å². The number of aliphatic hydroxyl groups is 1. The fourth-order valence-corrected chi connectivity index (χ4v) is 1.86. The smallest absolute Gasteiger partial charge is 0.276 e. The monoisotopic (exact) mass is 224 g/mol. The summed E-state index contributed by atoms with van der Waals surface area (Å²) in [6, 6.07) is 1.89. The number of carbonyl (C=O) groups is 1. The molecule has 1 amide bonds. The molecule has 1 aliphatic rings. The van der Waals surface area contributed by atoms with Gasteiger partial charge in [-0.1, -0.05) is 5.16 Å². The van der Waals surface area contributed by atoms with Crippen molar-refractivity contribution in [3.8, 4) is 0 Å². The number of aromatic nitrogens is 1. The molecule has 5 nitrogen and oxygen atoms in total. The first-order chi connectivity index (χ1) is 7.83. The van der Waals surface area contributed by atoms with E-state index in [1.807, 2.05) is 0 Å². The van der Waals surface area contributed by atoms with E-state index in [1.54, 1.807) is 11.0 Å². The average molecular weight is 224 g/mol. The molecule has 5 heteroatoms. The molecule has 0 spiro atoms. The highest BCUT2D eigenvalue weighted by atomic mass is 16.5. The van der Waals surface area contributed by atoms with Crippen LogP contribution in [-0.2, 0) is 0 Å². The molecule has 0 unspecified atom stereocenters. The minimum atomic E-state index is -0.0908. The summed E-state index contributed by atoms with van der Waals surface area (Å²) in [4.78, 5) is 13.9. The molecule has 1 heterocycles. The van der Waals surface area contributed by atoms with Crippen LogP contribution in [0.1, 0.15) is 36.2 Å². The summed E-state index contributed by atoms with van der Waals surface area (Å²) in [5.41, 5.74) is 0.352. The molecule has 0 atom stereocenters. The SMILES string of the molecule is O=C(c1ccon1)N(CCCO)C1CCC1. The molecule has 16 heavy (non-hydrogen) atoms. The molecule has 0 saturated heterocycles. The van der Waals surface area contributed by atoms with E-state index in [0.29, 0.717) is 24.7 Å². The Morgan fingerprint density at radius 2 is 2.44 bits per heavy atom. The van der Waals surface area contributed by atoms with E-state index >= 15 is 0 Å². The second-order valence-corrected chi connectivity index (χ2v) is 4.05. The molecule has 0 aromatic carbocycles. The molecule has 88 valence electrons. The minimum absolute atomic E-state index is 0.0908. The topological polar surface area (TPSA) is 66.6 Å². The fraction of sp³-hybridized carbons (Fsp3) is 0.636. The molecule has 0 aliphatic heterocycles. The van der Waals surface area contributed by atoms with E-state index in [1.165, 1.54) is 12.7 Å². The Kier molecular flexibility index (Phi) is 3.56. The molecule has 1 aliphatic carbocycles. The van der Waals surface area contributed by atoms with Gasteiger partial charge in [0.05, 0.1) is 0 Å². The summed E-state index contributed by atoms with van der Waals surface area (Å²) in [6.07, 6.45) is 5.29. The van der Waals surface area contributed by atoms with Crippen molar-refractivity contribution in [3.05, 3.63) is 18.0 Å². The van der Waals surface area contributed by atoms with E-state index in [4.69, 9.17) is 5.11 Å². The van der Waals surface area contributed by atoms with Gasteiger partial charge in [0, 0.05) is 25.3 Å². The van der Waals surface area contributed by atoms with E-state index in [0.717, 1.165) is 12.8 Å². The van der Waals surface area contributed by atoms with Gasteiger partial charge >= 0.3 is 0 Å². The highest BCUT2D eigenvalue weighted by Gasteiger charge is 2.29. The molecule has 1 fully saturated rings. The maximum atomic E-state index is 12.1. The summed E-state index contributed by atoms with van der Waals surface area (Å²) in [5.74, 6) is -0.0908. The quantitative estimate of drug-likeness (QED) is 0.811. The Hall–Kier alpha value is -1.36. The summed E-state index contributed by atoms with van der Waals surface area (Å²) in [5, 5.41) is 12.5. The lowest BCUT2D eigenvalue weighted by molar-refractivity contribution is 0.0552. The Balaban J connectivity index is 2.02. The number of carbonyl (C=O) groups excluding carboxylic acids is 1. The molecule has 2 rings (SSSR count). The zero-order valence-electron chi connectivity index (χ0n) is 9.13. The van der Waals surface area contributed by atoms with E-state index in [9.17, 15) is 4.79 Å². The first-order valence-corrected chi connectivity index (χ1v) is 5.65. The normalized spacial score (nSPS) is 15.8. The van der Waals surface area contributed by atoms with Crippen LogP contribution in [0, 0.1) is 0 Å². The van der Waals surface area contributed by atoms with Crippen LogP contribution in [0.3, 0.4) is 0 Å².